The van der Waals surface area contributed by atoms with E-state index in [1.165, 1.54) is 36.3 Å². The minimum atomic E-state index is -0.506. The lowest BCUT2D eigenvalue weighted by molar-refractivity contribution is -0.385. The molecule has 0 radical (unpaired) electrons. The Morgan fingerprint density at radius 3 is 2.42 bits per heavy atom. The van der Waals surface area contributed by atoms with E-state index in [0.29, 0.717) is 22.8 Å². The smallest absolute Gasteiger partial charge is 0.282 e. The molecule has 0 aliphatic carbocycles. The molecule has 0 aromatic heterocycles. The SMILES string of the molecule is COc1ccccc1C1=N/C(=C/c2ccccc2[N+](=O)[O-])C(=O)N1c1ccc(O)cc1. The van der Waals surface area contributed by atoms with Gasteiger partial charge >= 0.3 is 0 Å². The van der Waals surface area contributed by atoms with Gasteiger partial charge in [-0.2, -0.15) is 0 Å². The van der Waals surface area contributed by atoms with Gasteiger partial charge in [0.05, 0.1) is 28.8 Å². The second kappa shape index (κ2) is 8.11. The molecule has 8 nitrogen and oxygen atoms in total. The van der Waals surface area contributed by atoms with Crippen LogP contribution in [0.3, 0.4) is 0 Å². The average Bonchev–Trinajstić information content (AvgIpc) is 3.10. The predicted octanol–water partition coefficient (Wildman–Crippen LogP) is 4.14. The van der Waals surface area contributed by atoms with Gasteiger partial charge in [0.25, 0.3) is 11.6 Å². The van der Waals surface area contributed by atoms with Gasteiger partial charge in [0.1, 0.15) is 17.2 Å². The van der Waals surface area contributed by atoms with Gasteiger partial charge in [-0.15, -0.1) is 0 Å². The molecular formula is C23H17N3O5. The van der Waals surface area contributed by atoms with Crippen molar-refractivity contribution in [3.8, 4) is 11.5 Å². The first kappa shape index (κ1) is 19.8. The number of amides is 1. The number of nitro benzene ring substituents is 1. The summed E-state index contributed by atoms with van der Waals surface area (Å²) in [4.78, 5) is 30.1. The van der Waals surface area contributed by atoms with E-state index < -0.39 is 10.8 Å². The Morgan fingerprint density at radius 1 is 1.03 bits per heavy atom. The van der Waals surface area contributed by atoms with Crippen molar-refractivity contribution >= 4 is 29.2 Å². The molecule has 0 fully saturated rings. The number of aliphatic imine (C=N–C) groups is 1. The lowest BCUT2D eigenvalue weighted by Crippen LogP contribution is -2.32. The first-order chi connectivity index (χ1) is 15.0. The molecule has 0 spiro atoms. The van der Waals surface area contributed by atoms with Crippen molar-refractivity contribution in [2.24, 2.45) is 4.99 Å². The van der Waals surface area contributed by atoms with Gasteiger partial charge in [-0.3, -0.25) is 19.8 Å². The lowest BCUT2D eigenvalue weighted by Gasteiger charge is -2.19. The molecule has 1 aliphatic heterocycles. The summed E-state index contributed by atoms with van der Waals surface area (Å²) in [7, 11) is 1.52. The third-order valence-corrected chi connectivity index (χ3v) is 4.74. The monoisotopic (exact) mass is 415 g/mol. The number of nitrogens with zero attached hydrogens (tertiary/aromatic N) is 3. The zero-order valence-electron chi connectivity index (χ0n) is 16.4. The summed E-state index contributed by atoms with van der Waals surface area (Å²) in [5, 5.41) is 21.0. The predicted molar refractivity (Wildman–Crippen MR) is 116 cm³/mol. The number of para-hydroxylation sites is 2. The number of phenolic OH excluding ortho intramolecular Hbond substituents is 1. The van der Waals surface area contributed by atoms with Gasteiger partial charge < -0.3 is 9.84 Å². The highest BCUT2D eigenvalue weighted by molar-refractivity contribution is 6.33. The van der Waals surface area contributed by atoms with Gasteiger partial charge in [-0.05, 0) is 48.5 Å². The largest absolute Gasteiger partial charge is 0.508 e. The Labute approximate surface area is 177 Å². The molecule has 4 rings (SSSR count). The molecule has 0 saturated carbocycles. The Bertz CT molecular complexity index is 1230. The first-order valence-corrected chi connectivity index (χ1v) is 9.30. The van der Waals surface area contributed by atoms with Gasteiger partial charge in [0.15, 0.2) is 5.84 Å². The van der Waals surface area contributed by atoms with Crippen LogP contribution in [0.25, 0.3) is 6.08 Å². The quantitative estimate of drug-likeness (QED) is 0.383. The van der Waals surface area contributed by atoms with Crippen molar-refractivity contribution in [1.29, 1.82) is 0 Å². The van der Waals surface area contributed by atoms with Crippen LogP contribution in [-0.4, -0.2) is 28.9 Å². The van der Waals surface area contributed by atoms with E-state index in [4.69, 9.17) is 4.74 Å². The summed E-state index contributed by atoms with van der Waals surface area (Å²) >= 11 is 0. The van der Waals surface area contributed by atoms with Crippen molar-refractivity contribution < 1.29 is 19.6 Å². The number of amidine groups is 1. The van der Waals surface area contributed by atoms with Crippen LogP contribution in [0.2, 0.25) is 0 Å². The molecular weight excluding hydrogens is 398 g/mol. The topological polar surface area (TPSA) is 105 Å². The van der Waals surface area contributed by atoms with E-state index in [1.54, 1.807) is 54.6 Å². The molecule has 8 heteroatoms. The van der Waals surface area contributed by atoms with Crippen molar-refractivity contribution in [2.75, 3.05) is 12.0 Å². The average molecular weight is 415 g/mol. The first-order valence-electron chi connectivity index (χ1n) is 9.30. The summed E-state index contributed by atoms with van der Waals surface area (Å²) in [6, 6.07) is 19.4. The maximum Gasteiger partial charge on any atom is 0.282 e. The zero-order valence-corrected chi connectivity index (χ0v) is 16.4. The van der Waals surface area contributed by atoms with E-state index in [0.717, 1.165) is 0 Å². The van der Waals surface area contributed by atoms with E-state index in [9.17, 15) is 20.0 Å². The number of benzene rings is 3. The minimum absolute atomic E-state index is 0.0447. The molecule has 1 amide bonds. The number of carbonyl (C=O) groups is 1. The third-order valence-electron chi connectivity index (χ3n) is 4.74. The molecule has 1 heterocycles. The fraction of sp³-hybridized carbons (Fsp3) is 0.0435. The fourth-order valence-electron chi connectivity index (χ4n) is 3.29. The molecule has 0 saturated heterocycles. The molecule has 154 valence electrons. The fourth-order valence-corrected chi connectivity index (χ4v) is 3.29. The molecule has 1 N–H and O–H groups in total. The maximum absolute atomic E-state index is 13.3. The third kappa shape index (κ3) is 3.74. The summed E-state index contributed by atoms with van der Waals surface area (Å²) in [5.41, 5.74) is 1.26. The second-order valence-electron chi connectivity index (χ2n) is 6.64. The normalized spacial score (nSPS) is 14.6. The highest BCUT2D eigenvalue weighted by Gasteiger charge is 2.34. The number of anilines is 1. The van der Waals surface area contributed by atoms with Crippen molar-refractivity contribution in [3.05, 3.63) is 99.7 Å². The van der Waals surface area contributed by atoms with Crippen molar-refractivity contribution in [2.45, 2.75) is 0 Å². The van der Waals surface area contributed by atoms with Gasteiger partial charge in [0, 0.05) is 6.07 Å². The molecule has 3 aromatic rings. The van der Waals surface area contributed by atoms with E-state index in [1.807, 2.05) is 0 Å². The number of ether oxygens (including phenoxy) is 1. The van der Waals surface area contributed by atoms with Gasteiger partial charge in [0.2, 0.25) is 0 Å². The molecule has 0 atom stereocenters. The molecule has 1 aliphatic rings. The second-order valence-corrected chi connectivity index (χ2v) is 6.64. The number of aromatic hydroxyl groups is 1. The number of carbonyl (C=O) groups excluding carboxylic acids is 1. The summed E-state index contributed by atoms with van der Waals surface area (Å²) in [5.74, 6) is 0.439. The van der Waals surface area contributed by atoms with Crippen molar-refractivity contribution in [1.82, 2.24) is 0 Å². The number of hydrogen-bond donors (Lipinski definition) is 1. The summed E-state index contributed by atoms with van der Waals surface area (Å²) < 4.78 is 5.43. The number of hydrogen-bond acceptors (Lipinski definition) is 6. The van der Waals surface area contributed by atoms with Crippen LogP contribution in [0, 0.1) is 10.1 Å². The van der Waals surface area contributed by atoms with Crippen LogP contribution in [0.5, 0.6) is 11.5 Å². The Kier molecular flexibility index (Phi) is 5.19. The van der Waals surface area contributed by atoms with E-state index in [2.05, 4.69) is 4.99 Å². The van der Waals surface area contributed by atoms with Gasteiger partial charge in [-0.1, -0.05) is 24.3 Å². The van der Waals surface area contributed by atoms with Crippen LogP contribution < -0.4 is 9.64 Å². The molecule has 0 bridgehead atoms. The number of methoxy groups -OCH3 is 1. The van der Waals surface area contributed by atoms with E-state index >= 15 is 0 Å². The Morgan fingerprint density at radius 2 is 1.71 bits per heavy atom. The number of phenols is 1. The summed E-state index contributed by atoms with van der Waals surface area (Å²) in [6.45, 7) is 0. The molecule has 31 heavy (non-hydrogen) atoms. The lowest BCUT2D eigenvalue weighted by atomic mass is 10.1. The number of rotatable bonds is 5. The zero-order chi connectivity index (χ0) is 22.0. The number of nitro groups is 1. The Balaban J connectivity index is 1.89. The van der Waals surface area contributed by atoms with Crippen LogP contribution in [0.1, 0.15) is 11.1 Å². The van der Waals surface area contributed by atoms with Crippen LogP contribution >= 0.6 is 0 Å². The van der Waals surface area contributed by atoms with Crippen molar-refractivity contribution in [3.63, 3.8) is 0 Å². The van der Waals surface area contributed by atoms with E-state index in [-0.39, 0.29) is 22.7 Å². The molecule has 0 unspecified atom stereocenters. The molecule has 3 aromatic carbocycles. The Hall–Kier alpha value is -4.46. The standard InChI is InChI=1S/C23H17N3O5/c1-31-21-9-5-3-7-18(21)22-24-19(14-15-6-2-4-8-20(15)26(29)30)23(28)25(22)16-10-12-17(27)13-11-16/h2-14,27H,1H3/b19-14+. The van der Waals surface area contributed by atoms with Gasteiger partial charge in [-0.25, -0.2) is 4.99 Å². The summed E-state index contributed by atoms with van der Waals surface area (Å²) in [6.07, 6.45) is 1.40. The highest BCUT2D eigenvalue weighted by atomic mass is 16.6. The highest BCUT2D eigenvalue weighted by Crippen LogP contribution is 2.32. The van der Waals surface area contributed by atoms with Crippen LogP contribution in [0.4, 0.5) is 11.4 Å². The van der Waals surface area contributed by atoms with Crippen LogP contribution in [-0.2, 0) is 4.79 Å². The maximum atomic E-state index is 13.3. The van der Waals surface area contributed by atoms with Crippen LogP contribution in [0.15, 0.2) is 83.5 Å². The minimum Gasteiger partial charge on any atom is -0.508 e.